The fourth-order valence-corrected chi connectivity index (χ4v) is 2.37. The van der Waals surface area contributed by atoms with Gasteiger partial charge in [0.2, 0.25) is 0 Å². The predicted molar refractivity (Wildman–Crippen MR) is 66.4 cm³/mol. The Labute approximate surface area is 95.0 Å². The molecule has 1 aliphatic rings. The Kier molecular flexibility index (Phi) is 6.26. The van der Waals surface area contributed by atoms with Crippen molar-refractivity contribution < 1.29 is 0 Å². The van der Waals surface area contributed by atoms with E-state index in [9.17, 15) is 0 Å². The van der Waals surface area contributed by atoms with Gasteiger partial charge in [-0.1, -0.05) is 52.4 Å². The molecule has 0 bridgehead atoms. The number of rotatable bonds is 9. The molecule has 1 aliphatic carbocycles. The second-order valence-corrected chi connectivity index (χ2v) is 5.19. The molecule has 2 unspecified atom stereocenters. The third kappa shape index (κ3) is 5.53. The van der Waals surface area contributed by atoms with Gasteiger partial charge in [0, 0.05) is 6.04 Å². The average Bonchev–Trinajstić information content (AvgIpc) is 3.06. The van der Waals surface area contributed by atoms with Crippen molar-refractivity contribution in [1.82, 2.24) is 5.43 Å². The van der Waals surface area contributed by atoms with Crippen LogP contribution in [0.1, 0.15) is 65.2 Å². The van der Waals surface area contributed by atoms with Crippen LogP contribution in [-0.4, -0.2) is 6.04 Å². The fourth-order valence-electron chi connectivity index (χ4n) is 2.37. The summed E-state index contributed by atoms with van der Waals surface area (Å²) in [4.78, 5) is 0. The maximum Gasteiger partial charge on any atom is 0.0215 e. The number of hydrogen-bond donors (Lipinski definition) is 2. The van der Waals surface area contributed by atoms with E-state index in [0.717, 1.165) is 11.8 Å². The van der Waals surface area contributed by atoms with Gasteiger partial charge >= 0.3 is 0 Å². The van der Waals surface area contributed by atoms with Crippen molar-refractivity contribution >= 4 is 0 Å². The molecule has 0 spiro atoms. The van der Waals surface area contributed by atoms with Gasteiger partial charge in [0.15, 0.2) is 0 Å². The highest BCUT2D eigenvalue weighted by Gasteiger charge is 2.26. The lowest BCUT2D eigenvalue weighted by Gasteiger charge is -2.22. The van der Waals surface area contributed by atoms with Crippen LogP contribution >= 0.6 is 0 Å². The van der Waals surface area contributed by atoms with E-state index in [1.807, 2.05) is 0 Å². The molecule has 0 aromatic heterocycles. The van der Waals surface area contributed by atoms with Gasteiger partial charge in [0.1, 0.15) is 0 Å². The molecular formula is C13H28N2. The lowest BCUT2D eigenvalue weighted by molar-refractivity contribution is 0.332. The Bertz CT molecular complexity index is 155. The SMILES string of the molecule is CCCCC(CC)CC(CC1CC1)NN. The molecule has 90 valence electrons. The Hall–Kier alpha value is -0.0800. The summed E-state index contributed by atoms with van der Waals surface area (Å²) in [5.74, 6) is 7.49. The third-order valence-electron chi connectivity index (χ3n) is 3.71. The van der Waals surface area contributed by atoms with E-state index in [2.05, 4.69) is 19.3 Å². The van der Waals surface area contributed by atoms with Crippen LogP contribution in [0.4, 0.5) is 0 Å². The summed E-state index contributed by atoms with van der Waals surface area (Å²) < 4.78 is 0. The minimum Gasteiger partial charge on any atom is -0.271 e. The second kappa shape index (κ2) is 7.24. The van der Waals surface area contributed by atoms with E-state index >= 15 is 0 Å². The molecule has 0 heterocycles. The smallest absolute Gasteiger partial charge is 0.0215 e. The molecule has 2 heteroatoms. The summed E-state index contributed by atoms with van der Waals surface area (Å²) in [5, 5.41) is 0. The molecular weight excluding hydrogens is 184 g/mol. The van der Waals surface area contributed by atoms with E-state index in [4.69, 9.17) is 5.84 Å². The number of nitrogens with one attached hydrogen (secondary N) is 1. The molecule has 2 atom stereocenters. The molecule has 2 nitrogen and oxygen atoms in total. The van der Waals surface area contributed by atoms with Crippen molar-refractivity contribution in [1.29, 1.82) is 0 Å². The molecule has 3 N–H and O–H groups in total. The number of hydrogen-bond acceptors (Lipinski definition) is 2. The van der Waals surface area contributed by atoms with Gasteiger partial charge in [-0.3, -0.25) is 11.3 Å². The highest BCUT2D eigenvalue weighted by molar-refractivity contribution is 4.80. The van der Waals surface area contributed by atoms with E-state index in [1.165, 1.54) is 51.4 Å². The van der Waals surface area contributed by atoms with Crippen LogP contribution in [-0.2, 0) is 0 Å². The summed E-state index contributed by atoms with van der Waals surface area (Å²) in [5.41, 5.74) is 3.01. The normalized spacial score (nSPS) is 20.2. The zero-order chi connectivity index (χ0) is 11.1. The maximum atomic E-state index is 5.63. The van der Waals surface area contributed by atoms with Crippen molar-refractivity contribution in [2.75, 3.05) is 0 Å². The minimum atomic E-state index is 0.569. The average molecular weight is 212 g/mol. The zero-order valence-corrected chi connectivity index (χ0v) is 10.5. The molecule has 0 aromatic carbocycles. The molecule has 1 rings (SSSR count). The van der Waals surface area contributed by atoms with Crippen LogP contribution in [0.3, 0.4) is 0 Å². The second-order valence-electron chi connectivity index (χ2n) is 5.19. The molecule has 15 heavy (non-hydrogen) atoms. The molecule has 0 radical (unpaired) electrons. The van der Waals surface area contributed by atoms with Crippen LogP contribution in [0.2, 0.25) is 0 Å². The lowest BCUT2D eigenvalue weighted by atomic mass is 9.90. The van der Waals surface area contributed by atoms with Gasteiger partial charge < -0.3 is 0 Å². The van der Waals surface area contributed by atoms with Crippen molar-refractivity contribution in [3.63, 3.8) is 0 Å². The monoisotopic (exact) mass is 212 g/mol. The van der Waals surface area contributed by atoms with Gasteiger partial charge in [-0.15, -0.1) is 0 Å². The molecule has 0 aliphatic heterocycles. The van der Waals surface area contributed by atoms with Crippen LogP contribution in [0.5, 0.6) is 0 Å². The van der Waals surface area contributed by atoms with Gasteiger partial charge in [-0.2, -0.15) is 0 Å². The van der Waals surface area contributed by atoms with Crippen LogP contribution in [0.25, 0.3) is 0 Å². The van der Waals surface area contributed by atoms with Crippen molar-refractivity contribution in [2.24, 2.45) is 17.7 Å². The highest BCUT2D eigenvalue weighted by Crippen LogP contribution is 2.35. The van der Waals surface area contributed by atoms with E-state index in [1.54, 1.807) is 0 Å². The molecule has 1 fully saturated rings. The Morgan fingerprint density at radius 3 is 2.53 bits per heavy atom. The van der Waals surface area contributed by atoms with Crippen molar-refractivity contribution in [3.05, 3.63) is 0 Å². The maximum absolute atomic E-state index is 5.63. The standard InChI is InChI=1S/C13H28N2/c1-3-5-6-11(4-2)9-13(15-14)10-12-7-8-12/h11-13,15H,3-10,14H2,1-2H3. The quantitative estimate of drug-likeness (QED) is 0.455. The largest absolute Gasteiger partial charge is 0.271 e. The predicted octanol–water partition coefficient (Wildman–Crippen LogP) is 3.22. The number of unbranched alkanes of at least 4 members (excludes halogenated alkanes) is 1. The summed E-state index contributed by atoms with van der Waals surface area (Å²) in [6.07, 6.45) is 10.8. The molecule has 0 saturated heterocycles. The highest BCUT2D eigenvalue weighted by atomic mass is 15.2. The summed E-state index contributed by atoms with van der Waals surface area (Å²) in [6.45, 7) is 4.58. The van der Waals surface area contributed by atoms with Gasteiger partial charge in [0.05, 0.1) is 0 Å². The fraction of sp³-hybridized carbons (Fsp3) is 1.00. The Morgan fingerprint density at radius 1 is 1.33 bits per heavy atom. The zero-order valence-electron chi connectivity index (χ0n) is 10.5. The van der Waals surface area contributed by atoms with E-state index in [0.29, 0.717) is 6.04 Å². The van der Waals surface area contributed by atoms with Crippen molar-refractivity contribution in [2.45, 2.75) is 71.3 Å². The van der Waals surface area contributed by atoms with Gasteiger partial charge in [-0.05, 0) is 24.7 Å². The minimum absolute atomic E-state index is 0.569. The van der Waals surface area contributed by atoms with Crippen molar-refractivity contribution in [3.8, 4) is 0 Å². The Balaban J connectivity index is 2.19. The van der Waals surface area contributed by atoms with Crippen LogP contribution in [0, 0.1) is 11.8 Å². The number of hydrazine groups is 1. The summed E-state index contributed by atoms with van der Waals surface area (Å²) in [6, 6.07) is 0.569. The van der Waals surface area contributed by atoms with E-state index < -0.39 is 0 Å². The Morgan fingerprint density at radius 2 is 2.07 bits per heavy atom. The lowest BCUT2D eigenvalue weighted by Crippen LogP contribution is -2.37. The van der Waals surface area contributed by atoms with Crippen LogP contribution < -0.4 is 11.3 Å². The van der Waals surface area contributed by atoms with E-state index in [-0.39, 0.29) is 0 Å². The summed E-state index contributed by atoms with van der Waals surface area (Å²) >= 11 is 0. The molecule has 0 aromatic rings. The molecule has 0 amide bonds. The third-order valence-corrected chi connectivity index (χ3v) is 3.71. The first-order valence-electron chi connectivity index (χ1n) is 6.76. The first-order valence-corrected chi connectivity index (χ1v) is 6.76. The molecule has 1 saturated carbocycles. The van der Waals surface area contributed by atoms with Gasteiger partial charge in [-0.25, -0.2) is 0 Å². The summed E-state index contributed by atoms with van der Waals surface area (Å²) in [7, 11) is 0. The van der Waals surface area contributed by atoms with Gasteiger partial charge in [0.25, 0.3) is 0 Å². The first-order chi connectivity index (χ1) is 7.30. The topological polar surface area (TPSA) is 38.0 Å². The first kappa shape index (κ1) is 13.0. The number of nitrogens with two attached hydrogens (primary N) is 1. The van der Waals surface area contributed by atoms with Crippen LogP contribution in [0.15, 0.2) is 0 Å².